The number of nitrogens with zero attached hydrogens (tertiary/aromatic N) is 3. The number of unbranched alkanes of at least 4 members (excludes halogenated alkanes) is 9. The van der Waals surface area contributed by atoms with Gasteiger partial charge in [0.05, 0.1) is 49.9 Å². The molecule has 11 heteroatoms. The number of carbonyl (C=O) groups excluding carboxylic acids is 3. The van der Waals surface area contributed by atoms with Crippen LogP contribution in [-0.2, 0) is 43.3 Å². The summed E-state index contributed by atoms with van der Waals surface area (Å²) < 4.78 is 10.5. The summed E-state index contributed by atoms with van der Waals surface area (Å²) >= 11 is 0. The predicted molar refractivity (Wildman–Crippen MR) is 236 cm³/mol. The second-order valence-corrected chi connectivity index (χ2v) is 16.5. The topological polar surface area (TPSA) is 150 Å². The molecule has 3 aromatic heterocycles. The van der Waals surface area contributed by atoms with Crippen LogP contribution in [0.4, 0.5) is 0 Å². The van der Waals surface area contributed by atoms with Crippen molar-refractivity contribution < 1.29 is 29.0 Å². The Morgan fingerprint density at radius 1 is 0.780 bits per heavy atom. The third-order valence-electron chi connectivity index (χ3n) is 12.6. The van der Waals surface area contributed by atoms with Crippen molar-refractivity contribution in [1.82, 2.24) is 24.8 Å². The van der Waals surface area contributed by atoms with Gasteiger partial charge in [-0.05, 0) is 80.5 Å². The molecule has 320 valence electrons. The highest BCUT2D eigenvalue weighted by atomic mass is 16.5. The van der Waals surface area contributed by atoms with Crippen molar-refractivity contribution in [2.24, 2.45) is 0 Å². The SMILES string of the molecule is CCCCCCCCCCCCN(C)C(=O)Cc1c2nc(cc3[nH]c(cc4[nH]c(cc5nc1[C@@H](CCC(=O)OC)[C@@H]5C)c(C)c4CO)c(C)c3CC)C(C)=C2C(=O)OC. The largest absolute Gasteiger partial charge is 0.469 e. The molecule has 0 aliphatic carbocycles. The second-order valence-electron chi connectivity index (χ2n) is 16.5. The van der Waals surface area contributed by atoms with Gasteiger partial charge in [0.25, 0.3) is 0 Å². The van der Waals surface area contributed by atoms with E-state index in [0.29, 0.717) is 46.8 Å². The molecule has 5 rings (SSSR count). The minimum Gasteiger partial charge on any atom is -0.469 e. The van der Waals surface area contributed by atoms with Crippen LogP contribution in [0.25, 0.3) is 33.2 Å². The number of hydrogen-bond acceptors (Lipinski definition) is 8. The van der Waals surface area contributed by atoms with Crippen LogP contribution >= 0.6 is 0 Å². The lowest BCUT2D eigenvalue weighted by atomic mass is 9.84. The highest BCUT2D eigenvalue weighted by Gasteiger charge is 2.36. The predicted octanol–water partition coefficient (Wildman–Crippen LogP) is 9.85. The standard InChI is InChI=1S/C48H67N5O6/c1-10-12-13-14-15-16-17-18-19-20-23-53(7)43(55)24-35-46-34(21-22-44(56)58-8)30(4)39(51-46)25-37-31(5)36(28-54)42(50-37)26-38-29(3)33(11-2)41(49-38)27-40-32(6)45(47(35)52-40)48(57)59-9/h25-27,30,34,49-50,54H,10-24,28H2,1-9H3/t30-,34-/m0/s1. The molecule has 0 saturated carbocycles. The first kappa shape index (κ1) is 45.3. The van der Waals surface area contributed by atoms with Crippen LogP contribution in [-0.4, -0.2) is 75.6 Å². The normalized spacial score (nSPS) is 15.2. The first-order valence-electron chi connectivity index (χ1n) is 21.8. The van der Waals surface area contributed by atoms with Gasteiger partial charge in [-0.15, -0.1) is 0 Å². The summed E-state index contributed by atoms with van der Waals surface area (Å²) in [5.41, 5.74) is 11.1. The number of methoxy groups -OCH3 is 2. The van der Waals surface area contributed by atoms with Gasteiger partial charge in [0.2, 0.25) is 5.91 Å². The molecule has 3 aromatic rings. The van der Waals surface area contributed by atoms with Crippen molar-refractivity contribution in [3.63, 3.8) is 0 Å². The zero-order valence-electron chi connectivity index (χ0n) is 37.0. The minimum absolute atomic E-state index is 0.0387. The van der Waals surface area contributed by atoms with Crippen LogP contribution in [0.1, 0.15) is 167 Å². The molecular weight excluding hydrogens is 743 g/mol. The molecular formula is C48H67N5O6. The van der Waals surface area contributed by atoms with E-state index in [1.54, 1.807) is 4.90 Å². The maximum absolute atomic E-state index is 14.4. The number of ether oxygens (including phenoxy) is 2. The first-order chi connectivity index (χ1) is 28.4. The summed E-state index contributed by atoms with van der Waals surface area (Å²) in [4.78, 5) is 60.2. The molecule has 0 aromatic carbocycles. The molecule has 0 fully saturated rings. The maximum Gasteiger partial charge on any atom is 0.340 e. The van der Waals surface area contributed by atoms with Crippen molar-refractivity contribution in [2.75, 3.05) is 27.8 Å². The smallest absolute Gasteiger partial charge is 0.340 e. The van der Waals surface area contributed by atoms with Gasteiger partial charge in [-0.2, -0.15) is 0 Å². The van der Waals surface area contributed by atoms with E-state index in [1.165, 1.54) is 59.2 Å². The third-order valence-corrected chi connectivity index (χ3v) is 12.6. The molecule has 0 unspecified atom stereocenters. The number of nitrogens with one attached hydrogen (secondary N) is 2. The molecule has 0 saturated heterocycles. The summed E-state index contributed by atoms with van der Waals surface area (Å²) in [6.45, 7) is 12.8. The Hall–Kier alpha value is -4.77. The number of aromatic amines is 2. The lowest BCUT2D eigenvalue weighted by molar-refractivity contribution is -0.141. The van der Waals surface area contributed by atoms with E-state index in [0.717, 1.165) is 75.7 Å². The Kier molecular flexibility index (Phi) is 16.1. The van der Waals surface area contributed by atoms with Gasteiger partial charge in [-0.3, -0.25) is 14.6 Å². The third kappa shape index (κ3) is 10.3. The van der Waals surface area contributed by atoms with Crippen LogP contribution in [0.2, 0.25) is 0 Å². The molecule has 11 nitrogen and oxygen atoms in total. The number of esters is 2. The number of H-pyrrole nitrogens is 2. The molecule has 5 heterocycles. The number of carbonyl (C=O) groups is 3. The van der Waals surface area contributed by atoms with E-state index in [1.807, 2.05) is 39.1 Å². The molecule has 0 spiro atoms. The lowest BCUT2D eigenvalue weighted by Gasteiger charge is -2.21. The number of aliphatic hydroxyl groups is 1. The fraction of sp³-hybridized carbons (Fsp3) is 0.562. The summed E-state index contributed by atoms with van der Waals surface area (Å²) in [7, 11) is 4.58. The summed E-state index contributed by atoms with van der Waals surface area (Å²) in [6, 6.07) is 6.00. The van der Waals surface area contributed by atoms with Crippen LogP contribution in [0, 0.1) is 13.8 Å². The van der Waals surface area contributed by atoms with E-state index >= 15 is 0 Å². The minimum atomic E-state index is -0.544. The second kappa shape index (κ2) is 21.0. The average molecular weight is 810 g/mol. The van der Waals surface area contributed by atoms with E-state index in [2.05, 4.69) is 37.7 Å². The molecule has 0 radical (unpaired) electrons. The Morgan fingerprint density at radius 2 is 1.39 bits per heavy atom. The van der Waals surface area contributed by atoms with Gasteiger partial charge in [0, 0.05) is 70.7 Å². The van der Waals surface area contributed by atoms with Gasteiger partial charge in [-0.25, -0.2) is 9.78 Å². The maximum atomic E-state index is 14.4. The van der Waals surface area contributed by atoms with Gasteiger partial charge in [0.15, 0.2) is 0 Å². The fourth-order valence-corrected chi connectivity index (χ4v) is 8.78. The number of aliphatic hydroxyl groups excluding tert-OH is 1. The number of aryl methyl sites for hydroxylation is 3. The van der Waals surface area contributed by atoms with E-state index in [-0.39, 0.29) is 43.2 Å². The molecule has 2 atom stereocenters. The van der Waals surface area contributed by atoms with Crippen LogP contribution in [0.5, 0.6) is 0 Å². The van der Waals surface area contributed by atoms with E-state index in [4.69, 9.17) is 19.4 Å². The van der Waals surface area contributed by atoms with Gasteiger partial charge in [-0.1, -0.05) is 78.6 Å². The molecule has 8 bridgehead atoms. The number of aromatic nitrogens is 4. The Labute approximate surface area is 350 Å². The van der Waals surface area contributed by atoms with E-state index < -0.39 is 5.97 Å². The zero-order chi connectivity index (χ0) is 42.8. The number of allylic oxidation sites excluding steroid dienone is 1. The van der Waals surface area contributed by atoms with Crippen molar-refractivity contribution in [3.05, 3.63) is 68.8 Å². The number of amides is 1. The highest BCUT2D eigenvalue weighted by Crippen LogP contribution is 2.44. The summed E-state index contributed by atoms with van der Waals surface area (Å²) in [5, 5.41) is 10.6. The van der Waals surface area contributed by atoms with Gasteiger partial charge >= 0.3 is 11.9 Å². The molecule has 1 amide bonds. The Balaban J connectivity index is 1.70. The number of likely N-dealkylation sites (N-methyl/N-ethyl adjacent to an activating group) is 1. The average Bonchev–Trinajstić information content (AvgIpc) is 3.91. The Morgan fingerprint density at radius 3 is 2.00 bits per heavy atom. The van der Waals surface area contributed by atoms with Crippen LogP contribution in [0.3, 0.4) is 0 Å². The van der Waals surface area contributed by atoms with Crippen molar-refractivity contribution in [3.8, 4) is 0 Å². The molecule has 3 N–H and O–H groups in total. The number of rotatable bonds is 19. The number of fused-ring (bicyclic) bond motifs is 8. The zero-order valence-corrected chi connectivity index (χ0v) is 37.0. The highest BCUT2D eigenvalue weighted by molar-refractivity contribution is 6.25. The monoisotopic (exact) mass is 810 g/mol. The number of hydrogen-bond donors (Lipinski definition) is 3. The van der Waals surface area contributed by atoms with Crippen molar-refractivity contribution in [2.45, 2.75) is 150 Å². The Bertz CT molecular complexity index is 2200. The molecule has 2 aliphatic rings. The van der Waals surface area contributed by atoms with Crippen LogP contribution in [0.15, 0.2) is 18.2 Å². The van der Waals surface area contributed by atoms with Crippen molar-refractivity contribution in [1.29, 1.82) is 0 Å². The molecule has 59 heavy (non-hydrogen) atoms. The summed E-state index contributed by atoms with van der Waals surface area (Å²) in [6.07, 6.45) is 13.4. The van der Waals surface area contributed by atoms with Gasteiger partial charge < -0.3 is 29.4 Å². The lowest BCUT2D eigenvalue weighted by Crippen LogP contribution is -2.30. The van der Waals surface area contributed by atoms with Gasteiger partial charge in [0.1, 0.15) is 0 Å². The van der Waals surface area contributed by atoms with E-state index in [9.17, 15) is 19.5 Å². The first-order valence-corrected chi connectivity index (χ1v) is 21.8. The quantitative estimate of drug-likeness (QED) is 0.0800. The fourth-order valence-electron chi connectivity index (χ4n) is 8.78. The molecule has 2 aliphatic heterocycles. The summed E-state index contributed by atoms with van der Waals surface area (Å²) in [5.74, 6) is -1.44. The van der Waals surface area contributed by atoms with Crippen molar-refractivity contribution >= 4 is 51.1 Å². The van der Waals surface area contributed by atoms with Crippen LogP contribution < -0.4 is 0 Å².